The van der Waals surface area contributed by atoms with Gasteiger partial charge < -0.3 is 4.52 Å². The lowest BCUT2D eigenvalue weighted by molar-refractivity contribution is -0.137. The van der Waals surface area contributed by atoms with Crippen molar-refractivity contribution in [1.82, 2.24) is 10.1 Å². The van der Waals surface area contributed by atoms with Gasteiger partial charge in [0.2, 0.25) is 11.7 Å². The first-order valence-electron chi connectivity index (χ1n) is 5.11. The Morgan fingerprint density at radius 1 is 1.22 bits per heavy atom. The predicted molar refractivity (Wildman–Crippen MR) is 54.1 cm³/mol. The average molecular weight is 260 g/mol. The summed E-state index contributed by atoms with van der Waals surface area (Å²) in [5, 5.41) is 3.50. The largest absolute Gasteiger partial charge is 0.416 e. The summed E-state index contributed by atoms with van der Waals surface area (Å²) < 4.78 is 55.4. The number of rotatable bonds is 2. The summed E-state index contributed by atoms with van der Waals surface area (Å²) in [6, 6.07) is 2.14. The Hall–Kier alpha value is -1.92. The number of nitrogens with zero attached hydrogens (tertiary/aromatic N) is 2. The topological polar surface area (TPSA) is 38.9 Å². The van der Waals surface area contributed by atoms with Gasteiger partial charge in [0.1, 0.15) is 5.82 Å². The molecule has 0 N–H and O–H groups in total. The smallest absolute Gasteiger partial charge is 0.339 e. The van der Waals surface area contributed by atoms with Gasteiger partial charge in [-0.1, -0.05) is 12.1 Å². The van der Waals surface area contributed by atoms with Crippen molar-refractivity contribution < 1.29 is 22.1 Å². The molecule has 0 unspecified atom stereocenters. The number of aromatic nitrogens is 2. The Bertz CT molecular complexity index is 562. The van der Waals surface area contributed by atoms with Crippen LogP contribution in [0.5, 0.6) is 0 Å². The highest BCUT2D eigenvalue weighted by Gasteiger charge is 2.31. The lowest BCUT2D eigenvalue weighted by Crippen LogP contribution is -2.05. The summed E-state index contributed by atoms with van der Waals surface area (Å²) >= 11 is 0. The minimum absolute atomic E-state index is 0.0585. The van der Waals surface area contributed by atoms with Crippen molar-refractivity contribution in [3.63, 3.8) is 0 Å². The molecule has 0 atom stereocenters. The van der Waals surface area contributed by atoms with Crippen molar-refractivity contribution in [1.29, 1.82) is 0 Å². The molecule has 2 aromatic rings. The van der Waals surface area contributed by atoms with Crippen LogP contribution in [0, 0.1) is 5.82 Å². The third kappa shape index (κ3) is 2.49. The van der Waals surface area contributed by atoms with Gasteiger partial charge >= 0.3 is 6.18 Å². The molecular weight excluding hydrogens is 252 g/mol. The van der Waals surface area contributed by atoms with E-state index >= 15 is 0 Å². The third-order valence-corrected chi connectivity index (χ3v) is 2.25. The molecule has 0 aliphatic rings. The maximum absolute atomic E-state index is 13.1. The molecule has 0 amide bonds. The minimum atomic E-state index is -4.62. The number of benzene rings is 1. The zero-order chi connectivity index (χ0) is 13.3. The molecule has 1 heterocycles. The Morgan fingerprint density at radius 3 is 2.50 bits per heavy atom. The maximum Gasteiger partial charge on any atom is 0.416 e. The van der Waals surface area contributed by atoms with Crippen molar-refractivity contribution >= 4 is 0 Å². The summed E-state index contributed by atoms with van der Waals surface area (Å²) in [6.45, 7) is 1.75. The fourth-order valence-electron chi connectivity index (χ4n) is 1.40. The summed E-state index contributed by atoms with van der Waals surface area (Å²) in [5.41, 5.74) is -1.15. The standard InChI is InChI=1S/C11H8F4N2O/c1-2-9-16-10(17-18-9)6-3-7(11(13,14)15)5-8(12)4-6/h3-5H,2H2,1H3. The first kappa shape index (κ1) is 12.5. The summed E-state index contributed by atoms with van der Waals surface area (Å²) in [5.74, 6) is -0.776. The van der Waals surface area contributed by atoms with E-state index in [4.69, 9.17) is 4.52 Å². The molecule has 2 rings (SSSR count). The molecule has 0 radical (unpaired) electrons. The molecule has 0 aliphatic carbocycles. The van der Waals surface area contributed by atoms with E-state index in [-0.39, 0.29) is 17.3 Å². The molecule has 3 nitrogen and oxygen atoms in total. The Kier molecular flexibility index (Phi) is 3.06. The fraction of sp³-hybridized carbons (Fsp3) is 0.273. The molecule has 0 saturated carbocycles. The third-order valence-electron chi connectivity index (χ3n) is 2.25. The van der Waals surface area contributed by atoms with Crippen molar-refractivity contribution in [3.05, 3.63) is 35.5 Å². The normalized spacial score (nSPS) is 11.8. The van der Waals surface area contributed by atoms with Gasteiger partial charge in [-0.15, -0.1) is 0 Å². The second-order valence-electron chi connectivity index (χ2n) is 3.59. The van der Waals surface area contributed by atoms with Gasteiger partial charge in [0.05, 0.1) is 5.56 Å². The van der Waals surface area contributed by atoms with Crippen LogP contribution in [0.1, 0.15) is 18.4 Å². The van der Waals surface area contributed by atoms with Crippen LogP contribution in [0.2, 0.25) is 0 Å². The van der Waals surface area contributed by atoms with Gasteiger partial charge in [0.15, 0.2) is 0 Å². The number of hydrogen-bond acceptors (Lipinski definition) is 3. The van der Waals surface area contributed by atoms with Crippen LogP contribution in [0.25, 0.3) is 11.4 Å². The number of aryl methyl sites for hydroxylation is 1. The Labute approximate surface area is 99.4 Å². The van der Waals surface area contributed by atoms with Crippen LogP contribution in [0.4, 0.5) is 17.6 Å². The molecule has 0 bridgehead atoms. The van der Waals surface area contributed by atoms with Crippen molar-refractivity contribution in [2.24, 2.45) is 0 Å². The number of halogens is 4. The first-order chi connectivity index (χ1) is 8.40. The SMILES string of the molecule is CCc1nc(-c2cc(F)cc(C(F)(F)F)c2)no1. The van der Waals surface area contributed by atoms with Gasteiger partial charge in [-0.3, -0.25) is 0 Å². The minimum Gasteiger partial charge on any atom is -0.339 e. The highest BCUT2D eigenvalue weighted by atomic mass is 19.4. The highest BCUT2D eigenvalue weighted by Crippen LogP contribution is 2.32. The summed E-state index contributed by atoms with van der Waals surface area (Å²) in [7, 11) is 0. The molecule has 96 valence electrons. The Morgan fingerprint density at radius 2 is 1.94 bits per heavy atom. The van der Waals surface area contributed by atoms with E-state index in [1.807, 2.05) is 0 Å². The summed E-state index contributed by atoms with van der Waals surface area (Å²) in [4.78, 5) is 3.85. The molecule has 7 heteroatoms. The van der Waals surface area contributed by atoms with E-state index in [9.17, 15) is 17.6 Å². The average Bonchev–Trinajstić information content (AvgIpc) is 2.75. The van der Waals surface area contributed by atoms with Crippen LogP contribution >= 0.6 is 0 Å². The second-order valence-corrected chi connectivity index (χ2v) is 3.59. The predicted octanol–water partition coefficient (Wildman–Crippen LogP) is 3.46. The lowest BCUT2D eigenvalue weighted by Gasteiger charge is -2.07. The van der Waals surface area contributed by atoms with E-state index < -0.39 is 17.6 Å². The van der Waals surface area contributed by atoms with E-state index in [1.54, 1.807) is 6.92 Å². The first-order valence-corrected chi connectivity index (χ1v) is 5.11. The lowest BCUT2D eigenvalue weighted by atomic mass is 10.1. The molecule has 0 aliphatic heterocycles. The van der Waals surface area contributed by atoms with Crippen molar-refractivity contribution in [2.45, 2.75) is 19.5 Å². The van der Waals surface area contributed by atoms with Gasteiger partial charge in [-0.25, -0.2) is 4.39 Å². The van der Waals surface area contributed by atoms with Gasteiger partial charge in [0, 0.05) is 12.0 Å². The van der Waals surface area contributed by atoms with E-state index in [0.29, 0.717) is 12.5 Å². The van der Waals surface area contributed by atoms with Gasteiger partial charge in [0.25, 0.3) is 0 Å². The van der Waals surface area contributed by atoms with Crippen LogP contribution < -0.4 is 0 Å². The number of hydrogen-bond donors (Lipinski definition) is 0. The van der Waals surface area contributed by atoms with Crippen LogP contribution in [0.15, 0.2) is 22.7 Å². The molecule has 0 fully saturated rings. The van der Waals surface area contributed by atoms with Crippen LogP contribution in [0.3, 0.4) is 0 Å². The summed E-state index contributed by atoms with van der Waals surface area (Å²) in [6.07, 6.45) is -4.16. The quantitative estimate of drug-likeness (QED) is 0.776. The zero-order valence-electron chi connectivity index (χ0n) is 9.25. The molecule has 0 spiro atoms. The van der Waals surface area contributed by atoms with Crippen molar-refractivity contribution in [2.75, 3.05) is 0 Å². The second kappa shape index (κ2) is 4.40. The Balaban J connectivity index is 2.48. The van der Waals surface area contributed by atoms with Crippen LogP contribution in [-0.2, 0) is 12.6 Å². The van der Waals surface area contributed by atoms with E-state index in [0.717, 1.165) is 12.1 Å². The zero-order valence-corrected chi connectivity index (χ0v) is 9.25. The highest BCUT2D eigenvalue weighted by molar-refractivity contribution is 5.56. The van der Waals surface area contributed by atoms with Crippen LogP contribution in [-0.4, -0.2) is 10.1 Å². The molecule has 18 heavy (non-hydrogen) atoms. The maximum atomic E-state index is 13.1. The molecule has 0 saturated heterocycles. The number of alkyl halides is 3. The molecule has 1 aromatic heterocycles. The van der Waals surface area contributed by atoms with Crippen molar-refractivity contribution in [3.8, 4) is 11.4 Å². The van der Waals surface area contributed by atoms with E-state index in [1.165, 1.54) is 0 Å². The fourth-order valence-corrected chi connectivity index (χ4v) is 1.40. The van der Waals surface area contributed by atoms with E-state index in [2.05, 4.69) is 10.1 Å². The monoisotopic (exact) mass is 260 g/mol. The van der Waals surface area contributed by atoms with Gasteiger partial charge in [-0.05, 0) is 18.2 Å². The molecular formula is C11H8F4N2O. The molecule has 1 aromatic carbocycles. The van der Waals surface area contributed by atoms with Gasteiger partial charge in [-0.2, -0.15) is 18.2 Å².